The zero-order chi connectivity index (χ0) is 15.5. The molecule has 1 N–H and O–H groups in total. The summed E-state index contributed by atoms with van der Waals surface area (Å²) in [7, 11) is 0. The molecule has 4 aromatic rings. The van der Waals surface area contributed by atoms with Crippen molar-refractivity contribution in [3.05, 3.63) is 72.7 Å². The minimum atomic E-state index is 0.814. The SMILES string of the molecule is c1cc(CCNc2ncnc3ccccc23)c2cccnc2c1. The number of anilines is 1. The number of nitrogens with zero attached hydrogens (tertiary/aromatic N) is 3. The molecule has 2 aromatic heterocycles. The van der Waals surface area contributed by atoms with Gasteiger partial charge >= 0.3 is 0 Å². The van der Waals surface area contributed by atoms with Crippen LogP contribution >= 0.6 is 0 Å². The molecule has 0 saturated heterocycles. The summed E-state index contributed by atoms with van der Waals surface area (Å²) in [5, 5.41) is 5.69. The zero-order valence-corrected chi connectivity index (χ0v) is 12.6. The smallest absolute Gasteiger partial charge is 0.137 e. The van der Waals surface area contributed by atoms with Crippen LogP contribution in [0, 0.1) is 0 Å². The van der Waals surface area contributed by atoms with Gasteiger partial charge in [0.25, 0.3) is 0 Å². The summed E-state index contributed by atoms with van der Waals surface area (Å²) in [6.45, 7) is 0.814. The van der Waals surface area contributed by atoms with Crippen LogP contribution in [0.25, 0.3) is 21.8 Å². The second-order valence-corrected chi connectivity index (χ2v) is 5.40. The molecule has 0 spiro atoms. The molecule has 2 heterocycles. The first-order valence-corrected chi connectivity index (χ1v) is 7.68. The van der Waals surface area contributed by atoms with Crippen molar-refractivity contribution in [3.8, 4) is 0 Å². The van der Waals surface area contributed by atoms with E-state index in [1.807, 2.05) is 42.6 Å². The summed E-state index contributed by atoms with van der Waals surface area (Å²) in [6.07, 6.45) is 4.35. The van der Waals surface area contributed by atoms with E-state index in [-0.39, 0.29) is 0 Å². The molecule has 2 aromatic carbocycles. The van der Waals surface area contributed by atoms with Crippen LogP contribution in [0.1, 0.15) is 5.56 Å². The van der Waals surface area contributed by atoms with Gasteiger partial charge in [-0.1, -0.05) is 30.3 Å². The van der Waals surface area contributed by atoms with Gasteiger partial charge in [0.15, 0.2) is 0 Å². The van der Waals surface area contributed by atoms with Crippen molar-refractivity contribution in [2.75, 3.05) is 11.9 Å². The molecule has 4 nitrogen and oxygen atoms in total. The van der Waals surface area contributed by atoms with Crippen molar-refractivity contribution in [2.45, 2.75) is 6.42 Å². The van der Waals surface area contributed by atoms with Gasteiger partial charge in [-0.2, -0.15) is 0 Å². The number of benzene rings is 2. The molecule has 0 aliphatic heterocycles. The summed E-state index contributed by atoms with van der Waals surface area (Å²) in [4.78, 5) is 13.1. The van der Waals surface area contributed by atoms with E-state index in [4.69, 9.17) is 0 Å². The van der Waals surface area contributed by atoms with Crippen LogP contribution in [-0.4, -0.2) is 21.5 Å². The van der Waals surface area contributed by atoms with E-state index in [1.54, 1.807) is 6.33 Å². The predicted molar refractivity (Wildman–Crippen MR) is 93.5 cm³/mol. The van der Waals surface area contributed by atoms with Crippen LogP contribution in [0.5, 0.6) is 0 Å². The van der Waals surface area contributed by atoms with E-state index >= 15 is 0 Å². The van der Waals surface area contributed by atoms with Crippen LogP contribution in [-0.2, 0) is 6.42 Å². The Morgan fingerprint density at radius 2 is 1.57 bits per heavy atom. The third kappa shape index (κ3) is 2.71. The lowest BCUT2D eigenvalue weighted by atomic mass is 10.1. The van der Waals surface area contributed by atoms with Gasteiger partial charge in [0, 0.05) is 23.5 Å². The van der Waals surface area contributed by atoms with Gasteiger partial charge in [0.1, 0.15) is 12.1 Å². The Labute approximate surface area is 134 Å². The van der Waals surface area contributed by atoms with Crippen molar-refractivity contribution in [3.63, 3.8) is 0 Å². The van der Waals surface area contributed by atoms with Gasteiger partial charge in [-0.3, -0.25) is 4.98 Å². The fourth-order valence-corrected chi connectivity index (χ4v) is 2.85. The van der Waals surface area contributed by atoms with Gasteiger partial charge in [-0.15, -0.1) is 0 Å². The molecule has 4 rings (SSSR count). The number of pyridine rings is 1. The maximum atomic E-state index is 4.41. The number of hydrogen-bond acceptors (Lipinski definition) is 4. The van der Waals surface area contributed by atoms with E-state index < -0.39 is 0 Å². The number of rotatable bonds is 4. The molecular weight excluding hydrogens is 284 g/mol. The van der Waals surface area contributed by atoms with E-state index in [1.165, 1.54) is 10.9 Å². The van der Waals surface area contributed by atoms with Crippen molar-refractivity contribution in [1.82, 2.24) is 15.0 Å². The van der Waals surface area contributed by atoms with Gasteiger partial charge in [-0.25, -0.2) is 9.97 Å². The van der Waals surface area contributed by atoms with E-state index in [0.717, 1.165) is 35.2 Å². The third-order valence-electron chi connectivity index (χ3n) is 3.97. The summed E-state index contributed by atoms with van der Waals surface area (Å²) in [6, 6.07) is 18.4. The summed E-state index contributed by atoms with van der Waals surface area (Å²) < 4.78 is 0. The number of aromatic nitrogens is 3. The van der Waals surface area contributed by atoms with Gasteiger partial charge in [0.2, 0.25) is 0 Å². The molecule has 0 atom stereocenters. The summed E-state index contributed by atoms with van der Waals surface area (Å²) in [5.41, 5.74) is 3.29. The largest absolute Gasteiger partial charge is 0.369 e. The highest BCUT2D eigenvalue weighted by atomic mass is 15.0. The standard InChI is InChI=1S/C19H16N4/c1-2-8-18-16(6-1)19(23-13-22-18)21-12-10-14-5-3-9-17-15(14)7-4-11-20-17/h1-9,11,13H,10,12H2,(H,21,22,23). The zero-order valence-electron chi connectivity index (χ0n) is 12.6. The van der Waals surface area contributed by atoms with Crippen molar-refractivity contribution >= 4 is 27.6 Å². The molecule has 4 heteroatoms. The summed E-state index contributed by atoms with van der Waals surface area (Å²) >= 11 is 0. The van der Waals surface area contributed by atoms with Crippen molar-refractivity contribution < 1.29 is 0 Å². The van der Waals surface area contributed by atoms with E-state index in [2.05, 4.69) is 38.5 Å². The normalized spacial score (nSPS) is 11.0. The number of nitrogens with one attached hydrogen (secondary N) is 1. The Balaban J connectivity index is 1.55. The number of hydrogen-bond donors (Lipinski definition) is 1. The van der Waals surface area contributed by atoms with Crippen LogP contribution < -0.4 is 5.32 Å². The first-order chi connectivity index (χ1) is 11.4. The quantitative estimate of drug-likeness (QED) is 0.622. The molecule has 0 amide bonds. The molecule has 0 unspecified atom stereocenters. The van der Waals surface area contributed by atoms with Gasteiger partial charge in [0.05, 0.1) is 11.0 Å². The predicted octanol–water partition coefficient (Wildman–Crippen LogP) is 3.83. The Morgan fingerprint density at radius 1 is 0.739 bits per heavy atom. The molecule has 23 heavy (non-hydrogen) atoms. The lowest BCUT2D eigenvalue weighted by Crippen LogP contribution is -2.07. The van der Waals surface area contributed by atoms with Crippen molar-refractivity contribution in [2.24, 2.45) is 0 Å². The Hall–Kier alpha value is -3.01. The second-order valence-electron chi connectivity index (χ2n) is 5.40. The first kappa shape index (κ1) is 13.6. The molecule has 0 fully saturated rings. The first-order valence-electron chi connectivity index (χ1n) is 7.68. The van der Waals surface area contributed by atoms with Crippen LogP contribution in [0.4, 0.5) is 5.82 Å². The highest BCUT2D eigenvalue weighted by Crippen LogP contribution is 2.20. The average Bonchev–Trinajstić information content (AvgIpc) is 2.62. The third-order valence-corrected chi connectivity index (χ3v) is 3.97. The minimum absolute atomic E-state index is 0.814. The fourth-order valence-electron chi connectivity index (χ4n) is 2.85. The van der Waals surface area contributed by atoms with Gasteiger partial charge < -0.3 is 5.32 Å². The van der Waals surface area contributed by atoms with Crippen LogP contribution in [0.3, 0.4) is 0 Å². The van der Waals surface area contributed by atoms with Crippen molar-refractivity contribution in [1.29, 1.82) is 0 Å². The topological polar surface area (TPSA) is 50.7 Å². The molecular formula is C19H16N4. The van der Waals surface area contributed by atoms with E-state index in [0.29, 0.717) is 0 Å². The molecule has 0 radical (unpaired) electrons. The lowest BCUT2D eigenvalue weighted by Gasteiger charge is -2.09. The molecule has 0 bridgehead atoms. The monoisotopic (exact) mass is 300 g/mol. The molecule has 0 aliphatic carbocycles. The second kappa shape index (κ2) is 6.01. The Morgan fingerprint density at radius 3 is 2.57 bits per heavy atom. The highest BCUT2D eigenvalue weighted by Gasteiger charge is 2.04. The Bertz CT molecular complexity index is 875. The summed E-state index contributed by atoms with van der Waals surface area (Å²) in [5.74, 6) is 0.883. The Kier molecular flexibility index (Phi) is 3.56. The maximum Gasteiger partial charge on any atom is 0.137 e. The highest BCUT2D eigenvalue weighted by molar-refractivity contribution is 5.88. The van der Waals surface area contributed by atoms with Gasteiger partial charge in [-0.05, 0) is 36.2 Å². The minimum Gasteiger partial charge on any atom is -0.369 e. The lowest BCUT2D eigenvalue weighted by molar-refractivity contribution is 1.01. The maximum absolute atomic E-state index is 4.41. The van der Waals surface area contributed by atoms with Crippen LogP contribution in [0.2, 0.25) is 0 Å². The number of para-hydroxylation sites is 1. The van der Waals surface area contributed by atoms with Crippen LogP contribution in [0.15, 0.2) is 67.1 Å². The molecule has 112 valence electrons. The fraction of sp³-hybridized carbons (Fsp3) is 0.105. The van der Waals surface area contributed by atoms with E-state index in [9.17, 15) is 0 Å². The molecule has 0 saturated carbocycles. The number of fused-ring (bicyclic) bond motifs is 2. The molecule has 0 aliphatic rings. The average molecular weight is 300 g/mol.